The summed E-state index contributed by atoms with van der Waals surface area (Å²) >= 11 is 6.60. The van der Waals surface area contributed by atoms with Gasteiger partial charge in [0.2, 0.25) is 0 Å². The molecule has 2 aromatic carbocycles. The van der Waals surface area contributed by atoms with Crippen molar-refractivity contribution in [3.63, 3.8) is 0 Å². The van der Waals surface area contributed by atoms with Crippen molar-refractivity contribution in [2.45, 2.75) is 13.5 Å². The van der Waals surface area contributed by atoms with Gasteiger partial charge in [0.05, 0.1) is 7.11 Å². The lowest BCUT2D eigenvalue weighted by molar-refractivity contribution is 0.415. The molecule has 3 rings (SSSR count). The molecule has 0 saturated heterocycles. The Kier molecular flexibility index (Phi) is 5.58. The zero-order chi connectivity index (χ0) is 18.5. The van der Waals surface area contributed by atoms with Crippen molar-refractivity contribution in [1.29, 1.82) is 0 Å². The summed E-state index contributed by atoms with van der Waals surface area (Å²) in [6, 6.07) is 17.9. The Hall–Kier alpha value is -2.79. The summed E-state index contributed by atoms with van der Waals surface area (Å²) < 4.78 is 5.21. The fraction of sp³-hybridized carbons (Fsp3) is 0.200. The van der Waals surface area contributed by atoms with Crippen LogP contribution in [0.15, 0.2) is 54.6 Å². The van der Waals surface area contributed by atoms with Crippen LogP contribution in [0.4, 0.5) is 17.3 Å². The Bertz CT molecular complexity index is 869. The molecule has 0 aliphatic heterocycles. The van der Waals surface area contributed by atoms with Crippen molar-refractivity contribution >= 4 is 28.9 Å². The number of hydrogen-bond donors (Lipinski definition) is 1. The fourth-order valence-electron chi connectivity index (χ4n) is 2.59. The predicted octanol–water partition coefficient (Wildman–Crippen LogP) is 4.83. The van der Waals surface area contributed by atoms with E-state index in [9.17, 15) is 0 Å². The van der Waals surface area contributed by atoms with E-state index in [2.05, 4.69) is 27.4 Å². The zero-order valence-electron chi connectivity index (χ0n) is 15.0. The highest BCUT2D eigenvalue weighted by Gasteiger charge is 2.16. The van der Waals surface area contributed by atoms with Gasteiger partial charge >= 0.3 is 0 Å². The van der Waals surface area contributed by atoms with Crippen LogP contribution in [0.1, 0.15) is 11.4 Å². The third-order valence-electron chi connectivity index (χ3n) is 4.03. The molecular weight excluding hydrogens is 348 g/mol. The third kappa shape index (κ3) is 4.06. The van der Waals surface area contributed by atoms with E-state index in [0.717, 1.165) is 17.0 Å². The van der Waals surface area contributed by atoms with E-state index in [4.69, 9.17) is 16.3 Å². The minimum absolute atomic E-state index is 0.491. The number of ether oxygens (including phenoxy) is 1. The van der Waals surface area contributed by atoms with Crippen molar-refractivity contribution in [1.82, 2.24) is 9.97 Å². The molecule has 0 bridgehead atoms. The number of rotatable bonds is 6. The summed E-state index contributed by atoms with van der Waals surface area (Å²) in [5, 5.41) is 3.80. The molecule has 3 aromatic rings. The SMILES string of the molecule is COc1ccc(N(C)c2nc(C)nc(NCc3ccccc3)c2Cl)cc1. The van der Waals surface area contributed by atoms with Crippen molar-refractivity contribution < 1.29 is 4.74 Å². The largest absolute Gasteiger partial charge is 0.497 e. The molecule has 1 N–H and O–H groups in total. The summed E-state index contributed by atoms with van der Waals surface area (Å²) in [6.45, 7) is 2.50. The highest BCUT2D eigenvalue weighted by molar-refractivity contribution is 6.35. The molecule has 0 aliphatic carbocycles. The average Bonchev–Trinajstić information content (AvgIpc) is 2.68. The van der Waals surface area contributed by atoms with E-state index in [1.165, 1.54) is 0 Å². The quantitative estimate of drug-likeness (QED) is 0.675. The van der Waals surface area contributed by atoms with Crippen molar-refractivity contribution in [2.75, 3.05) is 24.4 Å². The lowest BCUT2D eigenvalue weighted by Gasteiger charge is -2.21. The smallest absolute Gasteiger partial charge is 0.157 e. The number of benzene rings is 2. The predicted molar refractivity (Wildman–Crippen MR) is 107 cm³/mol. The molecule has 0 spiro atoms. The van der Waals surface area contributed by atoms with E-state index >= 15 is 0 Å². The summed E-state index contributed by atoms with van der Waals surface area (Å²) in [6.07, 6.45) is 0. The molecule has 0 radical (unpaired) electrons. The lowest BCUT2D eigenvalue weighted by atomic mass is 10.2. The molecule has 6 heteroatoms. The fourth-order valence-corrected chi connectivity index (χ4v) is 2.87. The first-order valence-electron chi connectivity index (χ1n) is 8.28. The Morgan fingerprint density at radius 1 is 1.04 bits per heavy atom. The molecule has 5 nitrogen and oxygen atoms in total. The molecule has 134 valence electrons. The Morgan fingerprint density at radius 2 is 1.73 bits per heavy atom. The van der Waals surface area contributed by atoms with Crippen LogP contribution in [0.5, 0.6) is 5.75 Å². The standard InChI is InChI=1S/C20H21ClN4O/c1-14-23-19(22-13-15-7-5-4-6-8-15)18(21)20(24-14)25(2)16-9-11-17(26-3)12-10-16/h4-12H,13H2,1-3H3,(H,22,23,24). The number of nitrogens with zero attached hydrogens (tertiary/aromatic N) is 3. The van der Waals surface area contributed by atoms with Crippen molar-refractivity contribution in [3.05, 3.63) is 71.0 Å². The highest BCUT2D eigenvalue weighted by Crippen LogP contribution is 2.34. The number of methoxy groups -OCH3 is 1. The molecule has 0 atom stereocenters. The molecule has 26 heavy (non-hydrogen) atoms. The van der Waals surface area contributed by atoms with E-state index in [1.54, 1.807) is 7.11 Å². The van der Waals surface area contributed by atoms with E-state index in [1.807, 2.05) is 61.3 Å². The third-order valence-corrected chi connectivity index (χ3v) is 4.37. The van der Waals surface area contributed by atoms with E-state index < -0.39 is 0 Å². The second-order valence-corrected chi connectivity index (χ2v) is 6.23. The number of aromatic nitrogens is 2. The van der Waals surface area contributed by atoms with Crippen LogP contribution in [-0.4, -0.2) is 24.1 Å². The van der Waals surface area contributed by atoms with Crippen LogP contribution < -0.4 is 15.0 Å². The molecule has 0 aliphatic rings. The molecular formula is C20H21ClN4O. The lowest BCUT2D eigenvalue weighted by Crippen LogP contribution is -2.14. The van der Waals surface area contributed by atoms with Crippen LogP contribution in [-0.2, 0) is 6.54 Å². The first-order chi connectivity index (χ1) is 12.6. The maximum atomic E-state index is 6.60. The second kappa shape index (κ2) is 8.06. The van der Waals surface area contributed by atoms with Crippen LogP contribution in [0.2, 0.25) is 5.02 Å². The highest BCUT2D eigenvalue weighted by atomic mass is 35.5. The van der Waals surface area contributed by atoms with Crippen LogP contribution in [0.3, 0.4) is 0 Å². The van der Waals surface area contributed by atoms with E-state index in [0.29, 0.717) is 29.0 Å². The Morgan fingerprint density at radius 3 is 2.38 bits per heavy atom. The molecule has 0 fully saturated rings. The first kappa shape index (κ1) is 18.0. The number of nitrogens with one attached hydrogen (secondary N) is 1. The van der Waals surface area contributed by atoms with Gasteiger partial charge in [0, 0.05) is 19.3 Å². The van der Waals surface area contributed by atoms with Crippen LogP contribution in [0.25, 0.3) is 0 Å². The average molecular weight is 369 g/mol. The van der Waals surface area contributed by atoms with Gasteiger partial charge in [-0.15, -0.1) is 0 Å². The normalized spacial score (nSPS) is 10.5. The van der Waals surface area contributed by atoms with Gasteiger partial charge in [0.25, 0.3) is 0 Å². The van der Waals surface area contributed by atoms with E-state index in [-0.39, 0.29) is 0 Å². The van der Waals surface area contributed by atoms with Gasteiger partial charge in [-0.25, -0.2) is 9.97 Å². The summed E-state index contributed by atoms with van der Waals surface area (Å²) in [4.78, 5) is 10.9. The van der Waals surface area contributed by atoms with Crippen LogP contribution in [0, 0.1) is 6.92 Å². The molecule has 0 amide bonds. The zero-order valence-corrected chi connectivity index (χ0v) is 15.8. The van der Waals surface area contributed by atoms with Gasteiger partial charge in [-0.1, -0.05) is 41.9 Å². The summed E-state index contributed by atoms with van der Waals surface area (Å²) in [7, 11) is 3.57. The minimum Gasteiger partial charge on any atom is -0.497 e. The van der Waals surface area contributed by atoms with Crippen molar-refractivity contribution in [3.8, 4) is 5.75 Å². The Labute approximate surface area is 158 Å². The monoisotopic (exact) mass is 368 g/mol. The summed E-state index contributed by atoms with van der Waals surface area (Å²) in [5.74, 6) is 2.73. The van der Waals surface area contributed by atoms with Crippen molar-refractivity contribution in [2.24, 2.45) is 0 Å². The number of hydrogen-bond acceptors (Lipinski definition) is 5. The molecule has 0 unspecified atom stereocenters. The number of aryl methyl sites for hydroxylation is 1. The molecule has 1 heterocycles. The Balaban J connectivity index is 1.86. The maximum absolute atomic E-state index is 6.60. The first-order valence-corrected chi connectivity index (χ1v) is 8.66. The van der Waals surface area contributed by atoms with Gasteiger partial charge in [-0.3, -0.25) is 0 Å². The van der Waals surface area contributed by atoms with Crippen LogP contribution >= 0.6 is 11.6 Å². The van der Waals surface area contributed by atoms with Gasteiger partial charge in [0.15, 0.2) is 11.6 Å². The van der Waals surface area contributed by atoms with Gasteiger partial charge < -0.3 is 15.0 Å². The van der Waals surface area contributed by atoms with Gasteiger partial charge in [-0.2, -0.15) is 0 Å². The second-order valence-electron chi connectivity index (χ2n) is 5.85. The van der Waals surface area contributed by atoms with Gasteiger partial charge in [-0.05, 0) is 36.8 Å². The molecule has 1 aromatic heterocycles. The minimum atomic E-state index is 0.491. The molecule has 0 saturated carbocycles. The summed E-state index contributed by atoms with van der Waals surface area (Å²) in [5.41, 5.74) is 2.12. The number of anilines is 3. The van der Waals surface area contributed by atoms with Gasteiger partial charge in [0.1, 0.15) is 16.6 Å². The number of halogens is 1. The maximum Gasteiger partial charge on any atom is 0.157 e. The topological polar surface area (TPSA) is 50.3 Å².